The Morgan fingerprint density at radius 2 is 2.09 bits per heavy atom. The number of allylic oxidation sites excluding steroid dienone is 1. The van der Waals surface area contributed by atoms with E-state index in [1.165, 1.54) is 17.3 Å². The van der Waals surface area contributed by atoms with Gasteiger partial charge in [-0.3, -0.25) is 23.9 Å². The van der Waals surface area contributed by atoms with Gasteiger partial charge in [-0.25, -0.2) is 0 Å². The van der Waals surface area contributed by atoms with Gasteiger partial charge in [0.25, 0.3) is 5.24 Å². The molecule has 3 rings (SSSR count). The molecule has 0 spiro atoms. The molecule has 2 aromatic rings. The van der Waals surface area contributed by atoms with Gasteiger partial charge in [0.15, 0.2) is 11.0 Å². The smallest absolute Gasteiger partial charge is 0.288 e. The van der Waals surface area contributed by atoms with Gasteiger partial charge in [-0.1, -0.05) is 48.7 Å². The van der Waals surface area contributed by atoms with E-state index < -0.39 is 0 Å². The molecule has 0 unspecified atom stereocenters. The Bertz CT molecular complexity index is 961. The van der Waals surface area contributed by atoms with Crippen molar-refractivity contribution in [1.82, 2.24) is 25.0 Å². The van der Waals surface area contributed by atoms with E-state index in [9.17, 15) is 14.4 Å². The molecular weight excluding hydrogens is 450 g/mol. The lowest BCUT2D eigenvalue weighted by molar-refractivity contribution is -0.125. The van der Waals surface area contributed by atoms with Crippen molar-refractivity contribution in [3.8, 4) is 5.75 Å². The minimum Gasteiger partial charge on any atom is -0.486 e. The first kappa shape index (κ1) is 23.9. The van der Waals surface area contributed by atoms with Crippen molar-refractivity contribution in [2.24, 2.45) is 0 Å². The van der Waals surface area contributed by atoms with E-state index in [4.69, 9.17) is 4.74 Å². The predicted molar refractivity (Wildman–Crippen MR) is 124 cm³/mol. The van der Waals surface area contributed by atoms with Gasteiger partial charge in [-0.05, 0) is 24.1 Å². The monoisotopic (exact) mass is 475 g/mol. The molecule has 1 saturated heterocycles. The molecule has 11 heteroatoms. The topological polar surface area (TPSA) is 106 Å². The summed E-state index contributed by atoms with van der Waals surface area (Å²) in [6.07, 6.45) is 2.70. The molecule has 1 fully saturated rings. The highest BCUT2D eigenvalue weighted by atomic mass is 32.2. The van der Waals surface area contributed by atoms with Crippen LogP contribution in [0.2, 0.25) is 0 Å². The molecule has 2 heterocycles. The molecule has 0 atom stereocenters. The van der Waals surface area contributed by atoms with Gasteiger partial charge < -0.3 is 10.1 Å². The Balaban J connectivity index is 1.49. The van der Waals surface area contributed by atoms with Gasteiger partial charge in [-0.2, -0.15) is 0 Å². The fourth-order valence-electron chi connectivity index (χ4n) is 2.90. The normalized spacial score (nSPS) is 13.5. The predicted octanol–water partition coefficient (Wildman–Crippen LogP) is 2.51. The van der Waals surface area contributed by atoms with E-state index in [1.807, 2.05) is 28.8 Å². The zero-order valence-electron chi connectivity index (χ0n) is 17.8. The second kappa shape index (κ2) is 11.7. The Hall–Kier alpha value is -2.79. The number of nitrogens with zero attached hydrogens (tertiary/aromatic N) is 4. The third-order valence-corrected chi connectivity index (χ3v) is 6.46. The second-order valence-electron chi connectivity index (χ2n) is 6.82. The molecule has 1 aromatic carbocycles. The van der Waals surface area contributed by atoms with E-state index in [-0.39, 0.29) is 48.3 Å². The average molecular weight is 476 g/mol. The number of ether oxygens (including phenoxy) is 1. The quantitative estimate of drug-likeness (QED) is 0.369. The van der Waals surface area contributed by atoms with Crippen molar-refractivity contribution < 1.29 is 19.1 Å². The van der Waals surface area contributed by atoms with Crippen molar-refractivity contribution in [2.45, 2.75) is 31.7 Å². The van der Waals surface area contributed by atoms with Crippen LogP contribution in [0.3, 0.4) is 0 Å². The molecule has 170 valence electrons. The Kier molecular flexibility index (Phi) is 8.74. The SMILES string of the molecule is C=CCn1c(COc2ccc(CC)cc2)nnc1SCC(=O)NCCN1C(=O)CSC1=O. The number of aromatic nitrogens is 3. The van der Waals surface area contributed by atoms with Gasteiger partial charge >= 0.3 is 0 Å². The Morgan fingerprint density at radius 3 is 2.75 bits per heavy atom. The summed E-state index contributed by atoms with van der Waals surface area (Å²) in [5, 5.41) is 11.4. The van der Waals surface area contributed by atoms with E-state index in [0.717, 1.165) is 28.8 Å². The molecule has 1 N–H and O–H groups in total. The fraction of sp³-hybridized carbons (Fsp3) is 0.381. The van der Waals surface area contributed by atoms with Crippen LogP contribution in [-0.2, 0) is 29.2 Å². The van der Waals surface area contributed by atoms with Crippen molar-refractivity contribution in [3.63, 3.8) is 0 Å². The van der Waals surface area contributed by atoms with Crippen LogP contribution in [0.5, 0.6) is 5.75 Å². The fourth-order valence-corrected chi connectivity index (χ4v) is 4.45. The lowest BCUT2D eigenvalue weighted by atomic mass is 10.2. The number of hydrogen-bond acceptors (Lipinski definition) is 8. The van der Waals surface area contributed by atoms with Crippen LogP contribution in [-0.4, -0.2) is 61.3 Å². The largest absolute Gasteiger partial charge is 0.486 e. The molecular formula is C21H25N5O4S2. The van der Waals surface area contributed by atoms with E-state index in [1.54, 1.807) is 6.08 Å². The van der Waals surface area contributed by atoms with Gasteiger partial charge in [-0.15, -0.1) is 16.8 Å². The summed E-state index contributed by atoms with van der Waals surface area (Å²) in [5.41, 5.74) is 1.24. The standard InChI is InChI=1S/C21H25N5O4S2/c1-3-10-25-17(12-30-16-7-5-15(4-2)6-8-16)23-24-20(25)31-13-18(27)22-9-11-26-19(28)14-32-21(26)29/h3,5-8H,1,4,9-14H2,2H3,(H,22,27). The maximum atomic E-state index is 12.2. The van der Waals surface area contributed by atoms with Crippen LogP contribution >= 0.6 is 23.5 Å². The summed E-state index contributed by atoms with van der Waals surface area (Å²) in [6.45, 7) is 7.00. The molecule has 1 aliphatic rings. The lowest BCUT2D eigenvalue weighted by Crippen LogP contribution is -2.38. The van der Waals surface area contributed by atoms with Gasteiger partial charge in [0, 0.05) is 19.6 Å². The molecule has 0 saturated carbocycles. The van der Waals surface area contributed by atoms with E-state index in [2.05, 4.69) is 29.0 Å². The van der Waals surface area contributed by atoms with Crippen LogP contribution in [0.25, 0.3) is 0 Å². The van der Waals surface area contributed by atoms with Crippen LogP contribution in [0.4, 0.5) is 4.79 Å². The minimum atomic E-state index is -0.271. The van der Waals surface area contributed by atoms with Crippen LogP contribution in [0.15, 0.2) is 42.1 Å². The Morgan fingerprint density at radius 1 is 1.31 bits per heavy atom. The summed E-state index contributed by atoms with van der Waals surface area (Å²) in [7, 11) is 0. The molecule has 0 bridgehead atoms. The van der Waals surface area contributed by atoms with Gasteiger partial charge in [0.1, 0.15) is 12.4 Å². The number of nitrogens with one attached hydrogen (secondary N) is 1. The number of imide groups is 1. The number of thioether (sulfide) groups is 2. The lowest BCUT2D eigenvalue weighted by Gasteiger charge is -2.13. The summed E-state index contributed by atoms with van der Waals surface area (Å²) < 4.78 is 7.68. The van der Waals surface area contributed by atoms with Crippen molar-refractivity contribution in [2.75, 3.05) is 24.6 Å². The van der Waals surface area contributed by atoms with Crippen molar-refractivity contribution >= 4 is 40.6 Å². The molecule has 32 heavy (non-hydrogen) atoms. The highest BCUT2D eigenvalue weighted by Gasteiger charge is 2.29. The highest BCUT2D eigenvalue weighted by Crippen LogP contribution is 2.20. The number of amides is 3. The zero-order valence-corrected chi connectivity index (χ0v) is 19.4. The minimum absolute atomic E-state index is 0.130. The summed E-state index contributed by atoms with van der Waals surface area (Å²) in [5.74, 6) is 1.23. The molecule has 1 aliphatic heterocycles. The number of benzene rings is 1. The number of rotatable bonds is 12. The first-order valence-electron chi connectivity index (χ1n) is 10.1. The van der Waals surface area contributed by atoms with Crippen molar-refractivity contribution in [1.29, 1.82) is 0 Å². The maximum absolute atomic E-state index is 12.2. The van der Waals surface area contributed by atoms with E-state index >= 15 is 0 Å². The number of aryl methyl sites for hydroxylation is 1. The molecule has 3 amide bonds. The summed E-state index contributed by atoms with van der Waals surface area (Å²) >= 11 is 2.23. The zero-order chi connectivity index (χ0) is 22.9. The molecule has 0 aliphatic carbocycles. The first-order chi connectivity index (χ1) is 15.5. The number of carbonyl (C=O) groups is 3. The van der Waals surface area contributed by atoms with Gasteiger partial charge in [0.2, 0.25) is 11.8 Å². The first-order valence-corrected chi connectivity index (χ1v) is 12.1. The average Bonchev–Trinajstić information content (AvgIpc) is 3.34. The molecule has 0 radical (unpaired) electrons. The molecule has 9 nitrogen and oxygen atoms in total. The number of carbonyl (C=O) groups excluding carboxylic acids is 3. The van der Waals surface area contributed by atoms with Gasteiger partial charge in [0.05, 0.1) is 11.5 Å². The molecule has 1 aromatic heterocycles. The summed E-state index contributed by atoms with van der Waals surface area (Å²) in [4.78, 5) is 36.5. The highest BCUT2D eigenvalue weighted by molar-refractivity contribution is 8.14. The maximum Gasteiger partial charge on any atom is 0.288 e. The second-order valence-corrected chi connectivity index (χ2v) is 8.69. The van der Waals surface area contributed by atoms with Crippen LogP contribution in [0.1, 0.15) is 18.3 Å². The Labute approximate surface area is 195 Å². The third kappa shape index (κ3) is 6.36. The van der Waals surface area contributed by atoms with Crippen LogP contribution < -0.4 is 10.1 Å². The number of hydrogen-bond donors (Lipinski definition) is 1. The summed E-state index contributed by atoms with van der Waals surface area (Å²) in [6, 6.07) is 7.90. The van der Waals surface area contributed by atoms with Crippen molar-refractivity contribution in [3.05, 3.63) is 48.3 Å². The third-order valence-electron chi connectivity index (χ3n) is 4.64. The van der Waals surface area contributed by atoms with E-state index in [0.29, 0.717) is 17.5 Å². The van der Waals surface area contributed by atoms with Crippen LogP contribution in [0, 0.1) is 0 Å².